The Hall–Kier alpha value is 4.24. The molecule has 0 aromatic rings. The van der Waals surface area contributed by atoms with E-state index < -0.39 is 14.1 Å². The van der Waals surface area contributed by atoms with Crippen molar-refractivity contribution < 1.29 is 159 Å². The molecule has 0 heterocycles. The van der Waals surface area contributed by atoms with Crippen molar-refractivity contribution in [3.8, 4) is 0 Å². The first-order valence-corrected chi connectivity index (χ1v) is 2.59. The molecule has 0 saturated carbocycles. The third-order valence-corrected chi connectivity index (χ3v) is 0.691. The minimum Gasteiger partial charge on any atom is -0.536 e. The fourth-order valence-corrected chi connectivity index (χ4v) is 0.349. The molecule has 167 valence electrons. The molecule has 1 radical (unpaired) electrons. The van der Waals surface area contributed by atoms with E-state index in [1.807, 2.05) is 0 Å². The molecule has 0 rings (SSSR count). The average molecular weight is 524 g/mol. The zero-order valence-electron chi connectivity index (χ0n) is 9.36. The summed E-state index contributed by atoms with van der Waals surface area (Å²) in [5.41, 5.74) is 0. The summed E-state index contributed by atoms with van der Waals surface area (Å²) >= 11 is 0. The Kier molecular flexibility index (Phi) is 754. The Labute approximate surface area is 285 Å². The van der Waals surface area contributed by atoms with E-state index in [1.165, 1.54) is 7.11 Å². The van der Waals surface area contributed by atoms with Gasteiger partial charge in [-0.1, -0.05) is 89.1 Å². The number of rotatable bonds is 6. The van der Waals surface area contributed by atoms with Gasteiger partial charge in [0.05, 0.1) is 0 Å². The third kappa shape index (κ3) is 120. The number of aliphatic hydroxyl groups is 1. The van der Waals surface area contributed by atoms with Crippen LogP contribution in [0.1, 0.15) is 89.1 Å². The Morgan fingerprint density at radius 2 is 1.00 bits per heavy atom. The maximum Gasteiger partial charge on any atom is 1.00 e. The molecule has 0 aliphatic carbocycles. The van der Waals surface area contributed by atoms with E-state index in [9.17, 15) is 0 Å². The Morgan fingerprint density at radius 3 is 1.15 bits per heavy atom. The van der Waals surface area contributed by atoms with Gasteiger partial charge < -0.3 is 31.2 Å². The Bertz CT molecular complexity index is 96.2. The van der Waals surface area contributed by atoms with Gasteiger partial charge in [-0.2, -0.15) is 0 Å². The minimum absolute atomic E-state index is 0. The fourth-order valence-electron chi connectivity index (χ4n) is 0.349. The van der Waals surface area contributed by atoms with Crippen LogP contribution in [-0.2, 0) is 51.4 Å². The fraction of sp³-hybridized carbons (Fsp3) is 0.882. The van der Waals surface area contributed by atoms with E-state index in [0.29, 0.717) is 0 Å². The summed E-state index contributed by atoms with van der Waals surface area (Å²) in [4.78, 5) is 0. The minimum atomic E-state index is -0.897. The second-order valence-electron chi connectivity index (χ2n) is 1.31. The molecule has 0 atom stereocenters. The van der Waals surface area contributed by atoms with Crippen LogP contribution in [0.5, 0.6) is 0 Å². The van der Waals surface area contributed by atoms with E-state index in [-0.39, 0.29) is 239 Å². The molecule has 0 spiro atoms. The molecule has 0 bridgehead atoms. The third-order valence-electron chi connectivity index (χ3n) is 0.691. The van der Waals surface area contributed by atoms with Crippen LogP contribution in [0.15, 0.2) is 0 Å². The summed E-state index contributed by atoms with van der Waals surface area (Å²) in [6.07, 6.45) is 0. The second-order valence-corrected chi connectivity index (χ2v) is 1.31. The van der Waals surface area contributed by atoms with Crippen LogP contribution >= 0.6 is 0 Å². The quantitative estimate of drug-likeness (QED) is 0.325. The van der Waals surface area contributed by atoms with Gasteiger partial charge >= 0.3 is 110 Å². The number of hydrogen-bond donors (Lipinski definition) is 1. The van der Waals surface area contributed by atoms with Crippen LogP contribution < -0.4 is 103 Å². The van der Waals surface area contributed by atoms with Crippen molar-refractivity contribution in [1.29, 1.82) is 0 Å². The first-order valence-electron chi connectivity index (χ1n) is 2.59. The van der Waals surface area contributed by atoms with Gasteiger partial charge in [0.1, 0.15) is 13.6 Å². The zero-order chi connectivity index (χ0) is 7.82. The van der Waals surface area contributed by atoms with Crippen molar-refractivity contribution in [2.45, 2.75) is 89.1 Å². The smallest absolute Gasteiger partial charge is 0.536 e. The summed E-state index contributed by atoms with van der Waals surface area (Å²) in [5, 5.41) is 8.23. The predicted octanol–water partition coefficient (Wildman–Crippen LogP) is 1.46. The van der Waals surface area contributed by atoms with Crippen LogP contribution in [-0.4, -0.2) is 33.1 Å². The molecular weight excluding hydrogens is 462 g/mol. The maximum atomic E-state index is 8.23. The van der Waals surface area contributed by atoms with E-state index >= 15 is 0 Å². The maximum absolute atomic E-state index is 8.23. The molecule has 0 saturated heterocycles. The topological polar surface area (TPSA) is 57.2 Å². The molecular formula is C17H61BK2O5Y. The van der Waals surface area contributed by atoms with Crippen LogP contribution in [0, 0.1) is 14.5 Å². The van der Waals surface area contributed by atoms with Crippen LogP contribution in [0.3, 0.4) is 0 Å². The van der Waals surface area contributed by atoms with E-state index in [2.05, 4.69) is 21.2 Å². The van der Waals surface area contributed by atoms with Crippen LogP contribution in [0.25, 0.3) is 0 Å². The normalized spacial score (nSPS) is 3.81. The van der Waals surface area contributed by atoms with Gasteiger partial charge in [0.15, 0.2) is 0 Å². The summed E-state index contributed by atoms with van der Waals surface area (Å²) in [5.74, 6) is 0. The summed E-state index contributed by atoms with van der Waals surface area (Å²) in [6, 6.07) is 0. The van der Waals surface area contributed by atoms with Gasteiger partial charge in [-0.05, 0) is 0 Å². The summed E-state index contributed by atoms with van der Waals surface area (Å²) in [6.45, 7) is -0.506. The molecule has 9 heteroatoms. The number of ether oxygens (including phenoxy) is 1. The van der Waals surface area contributed by atoms with Crippen LogP contribution in [0.4, 0.5) is 0 Å². The van der Waals surface area contributed by atoms with Crippen molar-refractivity contribution in [3.63, 3.8) is 0 Å². The van der Waals surface area contributed by atoms with Gasteiger partial charge in [-0.15, -0.1) is 0 Å². The zero-order valence-corrected chi connectivity index (χ0v) is 18.4. The first-order chi connectivity index (χ1) is 4.85. The van der Waals surface area contributed by atoms with Crippen molar-refractivity contribution in [3.05, 3.63) is 14.5 Å². The molecule has 0 aliphatic heterocycles. The Morgan fingerprint density at radius 1 is 0.731 bits per heavy atom. The molecule has 0 unspecified atom stereocenters. The number of hydrogen-bond acceptors (Lipinski definition) is 5. The molecule has 0 aromatic carbocycles. The van der Waals surface area contributed by atoms with Gasteiger partial charge in [0.25, 0.3) is 0 Å². The van der Waals surface area contributed by atoms with Crippen molar-refractivity contribution in [2.75, 3.05) is 20.7 Å². The second kappa shape index (κ2) is 133. The van der Waals surface area contributed by atoms with Gasteiger partial charge in [0.2, 0.25) is 0 Å². The van der Waals surface area contributed by atoms with Crippen molar-refractivity contribution in [1.82, 2.24) is 0 Å². The largest absolute Gasteiger partial charge is 1.00 e. The van der Waals surface area contributed by atoms with Crippen molar-refractivity contribution >= 4 is 7.32 Å². The van der Waals surface area contributed by atoms with E-state index in [1.54, 1.807) is 0 Å². The summed E-state index contributed by atoms with van der Waals surface area (Å²) in [7, 11) is 3.54. The Balaban J connectivity index is -0.00000000337. The molecule has 1 N–H and O–H groups in total. The van der Waals surface area contributed by atoms with Gasteiger partial charge in [0, 0.05) is 39.8 Å². The molecule has 0 amide bonds. The standard InChI is InChI=1S/C4H10BO5.12CH4.CH3.2K.Y/c1-7-4-10-5(8-2)9-3-6;;;;;;;;;;;;;;;;/h6H,1,3-4H2,2H3;12*1H4;1H3;;;/q-1;;;;;;;;;;;;;-1;2*+1;. The molecule has 0 aliphatic rings. The van der Waals surface area contributed by atoms with Crippen LogP contribution in [0.2, 0.25) is 0 Å². The molecule has 5 nitrogen and oxygen atoms in total. The monoisotopic (exact) mass is 523 g/mol. The molecule has 0 fully saturated rings. The van der Waals surface area contributed by atoms with Gasteiger partial charge in [-0.3, -0.25) is 0 Å². The van der Waals surface area contributed by atoms with Crippen molar-refractivity contribution in [2.24, 2.45) is 0 Å². The predicted molar refractivity (Wildman–Crippen MR) is 121 cm³/mol. The average Bonchev–Trinajstić information content (AvgIpc) is 1.98. The number of aliphatic hydroxyl groups excluding tert-OH is 1. The molecule has 26 heavy (non-hydrogen) atoms. The van der Waals surface area contributed by atoms with Gasteiger partial charge in [-0.25, -0.2) is 7.11 Å². The first kappa shape index (κ1) is 147. The summed E-state index contributed by atoms with van der Waals surface area (Å²) < 4.78 is 18.1. The molecule has 0 aromatic heterocycles. The van der Waals surface area contributed by atoms with E-state index in [0.717, 1.165) is 0 Å². The van der Waals surface area contributed by atoms with E-state index in [4.69, 9.17) is 9.76 Å². The SMILES string of the molecule is C.C.C.C.C.C.C.C.C.C.C.C.[CH2-]OCOB(OC)OCO.[CH3-].[K+].[K+].[Y].